The summed E-state index contributed by atoms with van der Waals surface area (Å²) in [7, 11) is 1.88. The first-order valence-corrected chi connectivity index (χ1v) is 4.33. The number of hydrogen-bond acceptors (Lipinski definition) is 4. The van der Waals surface area contributed by atoms with Crippen LogP contribution in [-0.2, 0) is 7.05 Å². The molecule has 4 nitrogen and oxygen atoms in total. The molecule has 1 heterocycles. The Hall–Kier alpha value is -0.550. The Bertz CT molecular complexity index is 223. The summed E-state index contributed by atoms with van der Waals surface area (Å²) in [5, 5.41) is 17.4. The Balaban J connectivity index is 2.44. The molecule has 0 bridgehead atoms. The van der Waals surface area contributed by atoms with E-state index in [1.807, 2.05) is 11.6 Å². The molecular formula is C6H11N3OS. The second kappa shape index (κ2) is 3.73. The third-order valence-electron chi connectivity index (χ3n) is 1.12. The van der Waals surface area contributed by atoms with Gasteiger partial charge >= 0.3 is 0 Å². The molecule has 62 valence electrons. The molecule has 0 aromatic carbocycles. The van der Waals surface area contributed by atoms with E-state index in [-0.39, 0.29) is 6.10 Å². The molecular weight excluding hydrogens is 162 g/mol. The average molecular weight is 173 g/mol. The van der Waals surface area contributed by atoms with Gasteiger partial charge in [-0.25, -0.2) is 0 Å². The molecule has 0 spiro atoms. The van der Waals surface area contributed by atoms with E-state index in [9.17, 15) is 0 Å². The van der Waals surface area contributed by atoms with Gasteiger partial charge in [0.25, 0.3) is 0 Å². The van der Waals surface area contributed by atoms with Crippen LogP contribution in [0.1, 0.15) is 6.92 Å². The lowest BCUT2D eigenvalue weighted by Crippen LogP contribution is -2.03. The van der Waals surface area contributed by atoms with Crippen molar-refractivity contribution in [2.24, 2.45) is 7.05 Å². The maximum Gasteiger partial charge on any atom is 0.190 e. The smallest absolute Gasteiger partial charge is 0.190 e. The summed E-state index contributed by atoms with van der Waals surface area (Å²) in [4.78, 5) is 0. The lowest BCUT2D eigenvalue weighted by molar-refractivity contribution is 0.220. The van der Waals surface area contributed by atoms with Gasteiger partial charge in [0.15, 0.2) is 5.16 Å². The van der Waals surface area contributed by atoms with Crippen molar-refractivity contribution in [3.8, 4) is 0 Å². The second-order valence-corrected chi connectivity index (χ2v) is 3.37. The largest absolute Gasteiger partial charge is 0.393 e. The van der Waals surface area contributed by atoms with Gasteiger partial charge in [0, 0.05) is 12.8 Å². The molecule has 1 aromatic rings. The molecule has 1 atom stereocenters. The van der Waals surface area contributed by atoms with E-state index in [2.05, 4.69) is 10.2 Å². The summed E-state index contributed by atoms with van der Waals surface area (Å²) in [5.41, 5.74) is 0. The van der Waals surface area contributed by atoms with E-state index < -0.39 is 0 Å². The maximum absolute atomic E-state index is 8.96. The van der Waals surface area contributed by atoms with E-state index in [0.29, 0.717) is 5.75 Å². The van der Waals surface area contributed by atoms with Gasteiger partial charge in [0.05, 0.1) is 6.10 Å². The van der Waals surface area contributed by atoms with Gasteiger partial charge in [-0.15, -0.1) is 10.2 Å². The van der Waals surface area contributed by atoms with Gasteiger partial charge in [-0.3, -0.25) is 0 Å². The van der Waals surface area contributed by atoms with Crippen molar-refractivity contribution >= 4 is 11.8 Å². The maximum atomic E-state index is 8.96. The second-order valence-electron chi connectivity index (χ2n) is 2.38. The highest BCUT2D eigenvalue weighted by atomic mass is 32.2. The van der Waals surface area contributed by atoms with Crippen molar-refractivity contribution in [1.82, 2.24) is 14.8 Å². The fourth-order valence-electron chi connectivity index (χ4n) is 0.598. The molecule has 1 N–H and O–H groups in total. The van der Waals surface area contributed by atoms with Crippen LogP contribution in [0.5, 0.6) is 0 Å². The summed E-state index contributed by atoms with van der Waals surface area (Å²) >= 11 is 1.50. The van der Waals surface area contributed by atoms with Crippen molar-refractivity contribution in [3.05, 3.63) is 6.33 Å². The zero-order valence-corrected chi connectivity index (χ0v) is 7.38. The molecule has 0 saturated carbocycles. The standard InChI is InChI=1S/C6H11N3OS/c1-5(10)3-11-6-8-7-4-9(6)2/h4-5,10H,3H2,1-2H3/t5-/m1/s1. The minimum Gasteiger partial charge on any atom is -0.393 e. The third-order valence-corrected chi connectivity index (χ3v) is 2.40. The van der Waals surface area contributed by atoms with Gasteiger partial charge in [-0.05, 0) is 6.92 Å². The summed E-state index contributed by atoms with van der Waals surface area (Å²) in [5.74, 6) is 0.659. The van der Waals surface area contributed by atoms with E-state index in [4.69, 9.17) is 5.11 Å². The van der Waals surface area contributed by atoms with E-state index in [1.165, 1.54) is 11.8 Å². The number of aliphatic hydroxyl groups is 1. The normalized spacial score (nSPS) is 13.4. The topological polar surface area (TPSA) is 50.9 Å². The van der Waals surface area contributed by atoms with Crippen LogP contribution >= 0.6 is 11.8 Å². The quantitative estimate of drug-likeness (QED) is 0.667. The zero-order valence-electron chi connectivity index (χ0n) is 6.56. The van der Waals surface area contributed by atoms with Crippen molar-refractivity contribution in [2.45, 2.75) is 18.2 Å². The van der Waals surface area contributed by atoms with Crippen LogP contribution in [0, 0.1) is 0 Å². The number of aromatic nitrogens is 3. The number of rotatable bonds is 3. The molecule has 0 fully saturated rings. The molecule has 0 aliphatic carbocycles. The predicted octanol–water partition coefficient (Wildman–Crippen LogP) is 0.288. The van der Waals surface area contributed by atoms with Crippen molar-refractivity contribution < 1.29 is 5.11 Å². The highest BCUT2D eigenvalue weighted by Crippen LogP contribution is 2.13. The van der Waals surface area contributed by atoms with Crippen LogP contribution in [0.3, 0.4) is 0 Å². The molecule has 0 radical (unpaired) electrons. The summed E-state index contributed by atoms with van der Waals surface area (Å²) < 4.78 is 1.83. The van der Waals surface area contributed by atoms with E-state index >= 15 is 0 Å². The highest BCUT2D eigenvalue weighted by molar-refractivity contribution is 7.99. The number of nitrogens with zero attached hydrogens (tertiary/aromatic N) is 3. The van der Waals surface area contributed by atoms with Crippen LogP contribution in [0.2, 0.25) is 0 Å². The van der Waals surface area contributed by atoms with Gasteiger partial charge in [0.1, 0.15) is 6.33 Å². The van der Waals surface area contributed by atoms with Crippen molar-refractivity contribution in [3.63, 3.8) is 0 Å². The number of aliphatic hydroxyl groups excluding tert-OH is 1. The van der Waals surface area contributed by atoms with E-state index in [1.54, 1.807) is 13.3 Å². The van der Waals surface area contributed by atoms with Gasteiger partial charge < -0.3 is 9.67 Å². The molecule has 0 aliphatic heterocycles. The number of hydrogen-bond donors (Lipinski definition) is 1. The van der Waals surface area contributed by atoms with Gasteiger partial charge in [-0.1, -0.05) is 11.8 Å². The molecule has 0 aliphatic rings. The van der Waals surface area contributed by atoms with Crippen LogP contribution in [0.4, 0.5) is 0 Å². The van der Waals surface area contributed by atoms with Crippen LogP contribution in [0.15, 0.2) is 11.5 Å². The predicted molar refractivity (Wildman–Crippen MR) is 43.4 cm³/mol. The average Bonchev–Trinajstić information content (AvgIpc) is 2.31. The Morgan fingerprint density at radius 3 is 3.00 bits per heavy atom. The number of thioether (sulfide) groups is 1. The molecule has 1 rings (SSSR count). The Labute approximate surface area is 69.6 Å². The monoisotopic (exact) mass is 173 g/mol. The number of aryl methyl sites for hydroxylation is 1. The lowest BCUT2D eigenvalue weighted by Gasteiger charge is -2.01. The first-order chi connectivity index (χ1) is 5.20. The van der Waals surface area contributed by atoms with Crippen LogP contribution < -0.4 is 0 Å². The van der Waals surface area contributed by atoms with Crippen molar-refractivity contribution in [2.75, 3.05) is 5.75 Å². The molecule has 0 amide bonds. The Morgan fingerprint density at radius 2 is 2.55 bits per heavy atom. The molecule has 1 aromatic heterocycles. The fraction of sp³-hybridized carbons (Fsp3) is 0.667. The van der Waals surface area contributed by atoms with E-state index in [0.717, 1.165) is 5.16 Å². The Kier molecular flexibility index (Phi) is 2.90. The zero-order chi connectivity index (χ0) is 8.27. The third kappa shape index (κ3) is 2.51. The molecule has 11 heavy (non-hydrogen) atoms. The Morgan fingerprint density at radius 1 is 1.82 bits per heavy atom. The van der Waals surface area contributed by atoms with Crippen molar-refractivity contribution in [1.29, 1.82) is 0 Å². The minimum absolute atomic E-state index is 0.295. The fourth-order valence-corrected chi connectivity index (χ4v) is 1.34. The SMILES string of the molecule is C[C@@H](O)CSc1nncn1C. The van der Waals surface area contributed by atoms with Crippen LogP contribution in [-0.4, -0.2) is 31.7 Å². The minimum atomic E-state index is -0.295. The molecule has 5 heteroatoms. The summed E-state index contributed by atoms with van der Waals surface area (Å²) in [6, 6.07) is 0. The van der Waals surface area contributed by atoms with Gasteiger partial charge in [0.2, 0.25) is 0 Å². The summed E-state index contributed by atoms with van der Waals surface area (Å²) in [6.45, 7) is 1.75. The molecule has 0 saturated heterocycles. The van der Waals surface area contributed by atoms with Gasteiger partial charge in [-0.2, -0.15) is 0 Å². The molecule has 0 unspecified atom stereocenters. The summed E-state index contributed by atoms with van der Waals surface area (Å²) in [6.07, 6.45) is 1.35. The van der Waals surface area contributed by atoms with Crippen LogP contribution in [0.25, 0.3) is 0 Å². The lowest BCUT2D eigenvalue weighted by atomic mass is 10.5. The first kappa shape index (κ1) is 8.55. The highest BCUT2D eigenvalue weighted by Gasteiger charge is 2.02. The first-order valence-electron chi connectivity index (χ1n) is 3.35.